The molecule has 6 nitrogen and oxygen atoms in total. The van der Waals surface area contributed by atoms with Crippen molar-refractivity contribution < 1.29 is 8.42 Å². The van der Waals surface area contributed by atoms with E-state index in [4.69, 9.17) is 0 Å². The molecule has 1 aliphatic carbocycles. The molecule has 2 heterocycles. The quantitative estimate of drug-likeness (QED) is 0.878. The second kappa shape index (κ2) is 6.98. The largest absolute Gasteiger partial charge is 0.370 e. The highest BCUT2D eigenvalue weighted by molar-refractivity contribution is 7.89. The van der Waals surface area contributed by atoms with Crippen LogP contribution in [-0.4, -0.2) is 62.4 Å². The third-order valence-corrected chi connectivity index (χ3v) is 7.23. The van der Waals surface area contributed by atoms with Gasteiger partial charge in [0.15, 0.2) is 0 Å². The van der Waals surface area contributed by atoms with Gasteiger partial charge in [-0.1, -0.05) is 19.8 Å². The van der Waals surface area contributed by atoms with Crippen molar-refractivity contribution in [1.82, 2.24) is 14.2 Å². The summed E-state index contributed by atoms with van der Waals surface area (Å²) in [6, 6.07) is 3.45. The van der Waals surface area contributed by atoms with Crippen LogP contribution in [0.5, 0.6) is 0 Å². The van der Waals surface area contributed by atoms with Crippen molar-refractivity contribution >= 4 is 15.8 Å². The summed E-state index contributed by atoms with van der Waals surface area (Å²) in [4.78, 5) is 6.74. The summed E-state index contributed by atoms with van der Waals surface area (Å²) in [6.07, 6.45) is 6.57. The molecule has 1 aromatic rings. The first-order chi connectivity index (χ1) is 11.4. The fraction of sp³-hybridized carbons (Fsp3) is 0.706. The number of likely N-dealkylation sites (N-methyl/N-ethyl adjacent to an activating group) is 1. The maximum absolute atomic E-state index is 12.7. The van der Waals surface area contributed by atoms with Crippen molar-refractivity contribution in [2.24, 2.45) is 5.41 Å². The summed E-state index contributed by atoms with van der Waals surface area (Å²) in [5.41, 5.74) is 0.340. The Bertz CT molecular complexity index is 646. The molecule has 1 N–H and O–H groups in total. The summed E-state index contributed by atoms with van der Waals surface area (Å²) < 4.78 is 26.9. The van der Waals surface area contributed by atoms with E-state index in [1.807, 2.05) is 7.05 Å². The van der Waals surface area contributed by atoms with E-state index in [0.29, 0.717) is 18.5 Å². The second-order valence-corrected chi connectivity index (χ2v) is 9.40. The molecule has 0 atom stereocenters. The molecule has 1 aliphatic heterocycles. The third-order valence-electron chi connectivity index (χ3n) is 5.34. The first-order valence-corrected chi connectivity index (χ1v) is 10.2. The highest BCUT2D eigenvalue weighted by Gasteiger charge is 2.29. The average Bonchev–Trinajstić information content (AvgIpc) is 3.01. The zero-order valence-corrected chi connectivity index (χ0v) is 15.5. The topological polar surface area (TPSA) is 65.5 Å². The molecule has 0 unspecified atom stereocenters. The fourth-order valence-corrected chi connectivity index (χ4v) is 4.89. The summed E-state index contributed by atoms with van der Waals surface area (Å²) in [5, 5.41) is 3.36. The van der Waals surface area contributed by atoms with Crippen molar-refractivity contribution in [1.29, 1.82) is 0 Å². The number of piperazine rings is 1. The standard InChI is InChI=1S/C17H28N4O2S/c1-17(7-3-4-8-17)14-19-16-6-5-15(13-18-16)24(22,23)21-11-9-20(2)10-12-21/h5-6,13H,3-4,7-12,14H2,1-2H3,(H,18,19). The minimum Gasteiger partial charge on any atom is -0.370 e. The van der Waals surface area contributed by atoms with E-state index in [1.165, 1.54) is 31.9 Å². The van der Waals surface area contributed by atoms with Gasteiger partial charge in [-0.25, -0.2) is 13.4 Å². The summed E-state index contributed by atoms with van der Waals surface area (Å²) in [5.74, 6) is 0.750. The van der Waals surface area contributed by atoms with Crippen LogP contribution in [-0.2, 0) is 10.0 Å². The summed E-state index contributed by atoms with van der Waals surface area (Å²) in [7, 11) is -1.42. The molecule has 0 aromatic carbocycles. The van der Waals surface area contributed by atoms with Gasteiger partial charge < -0.3 is 10.2 Å². The van der Waals surface area contributed by atoms with Crippen LogP contribution in [0.25, 0.3) is 0 Å². The smallest absolute Gasteiger partial charge is 0.244 e. The number of anilines is 1. The van der Waals surface area contributed by atoms with Crippen LogP contribution in [0.3, 0.4) is 0 Å². The molecule has 1 saturated heterocycles. The van der Waals surface area contributed by atoms with Gasteiger partial charge in [0.25, 0.3) is 0 Å². The predicted octanol–water partition coefficient (Wildman–Crippen LogP) is 2.01. The third kappa shape index (κ3) is 3.90. The SMILES string of the molecule is CN1CCN(S(=O)(=O)c2ccc(NCC3(C)CCCC3)nc2)CC1. The monoisotopic (exact) mass is 352 g/mol. The van der Waals surface area contributed by atoms with Crippen LogP contribution in [0.4, 0.5) is 5.82 Å². The fourth-order valence-electron chi connectivity index (χ4n) is 3.52. The van der Waals surface area contributed by atoms with E-state index in [9.17, 15) is 8.42 Å². The molecular weight excluding hydrogens is 324 g/mol. The Balaban J connectivity index is 1.63. The molecule has 1 aromatic heterocycles. The zero-order valence-electron chi connectivity index (χ0n) is 14.7. The zero-order chi connectivity index (χ0) is 17.2. The second-order valence-electron chi connectivity index (χ2n) is 7.46. The first kappa shape index (κ1) is 17.6. The Morgan fingerprint density at radius 1 is 1.17 bits per heavy atom. The van der Waals surface area contributed by atoms with Crippen LogP contribution in [0, 0.1) is 5.41 Å². The normalized spacial score (nSPS) is 22.6. The lowest BCUT2D eigenvalue weighted by atomic mass is 9.89. The minimum atomic E-state index is -3.43. The molecule has 2 aliphatic rings. The Morgan fingerprint density at radius 3 is 2.42 bits per heavy atom. The molecule has 0 spiro atoms. The van der Waals surface area contributed by atoms with Gasteiger partial charge in [0, 0.05) is 38.9 Å². The van der Waals surface area contributed by atoms with Gasteiger partial charge >= 0.3 is 0 Å². The number of aromatic nitrogens is 1. The van der Waals surface area contributed by atoms with Crippen LogP contribution in [0.2, 0.25) is 0 Å². The van der Waals surface area contributed by atoms with Gasteiger partial charge in [0.05, 0.1) is 0 Å². The number of sulfonamides is 1. The number of nitrogens with zero attached hydrogens (tertiary/aromatic N) is 3. The molecule has 7 heteroatoms. The highest BCUT2D eigenvalue weighted by atomic mass is 32.2. The van der Waals surface area contributed by atoms with Gasteiger partial charge in [0.2, 0.25) is 10.0 Å². The van der Waals surface area contributed by atoms with Gasteiger partial charge in [-0.05, 0) is 37.4 Å². The van der Waals surface area contributed by atoms with Gasteiger partial charge in [-0.2, -0.15) is 4.31 Å². The molecule has 1 saturated carbocycles. The number of hydrogen-bond acceptors (Lipinski definition) is 5. The lowest BCUT2D eigenvalue weighted by Gasteiger charge is -2.31. The van der Waals surface area contributed by atoms with Crippen LogP contribution >= 0.6 is 0 Å². The van der Waals surface area contributed by atoms with Crippen molar-refractivity contribution in [2.45, 2.75) is 37.5 Å². The Hall–Kier alpha value is -1.18. The Kier molecular flexibility index (Phi) is 5.13. The van der Waals surface area contributed by atoms with E-state index in [-0.39, 0.29) is 4.90 Å². The first-order valence-electron chi connectivity index (χ1n) is 8.78. The molecule has 2 fully saturated rings. The lowest BCUT2D eigenvalue weighted by Crippen LogP contribution is -2.47. The van der Waals surface area contributed by atoms with Crippen molar-refractivity contribution in [3.8, 4) is 0 Å². The maximum atomic E-state index is 12.7. The van der Waals surface area contributed by atoms with E-state index in [1.54, 1.807) is 16.4 Å². The lowest BCUT2D eigenvalue weighted by molar-refractivity contribution is 0.222. The van der Waals surface area contributed by atoms with E-state index < -0.39 is 10.0 Å². The van der Waals surface area contributed by atoms with Gasteiger partial charge in [0.1, 0.15) is 10.7 Å². The number of hydrogen-bond donors (Lipinski definition) is 1. The van der Waals surface area contributed by atoms with Crippen molar-refractivity contribution in [2.75, 3.05) is 45.1 Å². The molecular formula is C17H28N4O2S. The van der Waals surface area contributed by atoms with E-state index in [2.05, 4.69) is 22.1 Å². The van der Waals surface area contributed by atoms with Crippen LogP contribution < -0.4 is 5.32 Å². The molecule has 134 valence electrons. The van der Waals surface area contributed by atoms with Crippen molar-refractivity contribution in [3.63, 3.8) is 0 Å². The minimum absolute atomic E-state index is 0.282. The number of nitrogens with one attached hydrogen (secondary N) is 1. The predicted molar refractivity (Wildman–Crippen MR) is 95.6 cm³/mol. The Labute approximate surface area is 145 Å². The number of pyridine rings is 1. The average molecular weight is 353 g/mol. The van der Waals surface area contributed by atoms with Gasteiger partial charge in [-0.15, -0.1) is 0 Å². The van der Waals surface area contributed by atoms with Gasteiger partial charge in [-0.3, -0.25) is 0 Å². The maximum Gasteiger partial charge on any atom is 0.244 e. The highest BCUT2D eigenvalue weighted by Crippen LogP contribution is 2.37. The number of rotatable bonds is 5. The van der Waals surface area contributed by atoms with Crippen LogP contribution in [0.1, 0.15) is 32.6 Å². The van der Waals surface area contributed by atoms with E-state index in [0.717, 1.165) is 25.5 Å². The summed E-state index contributed by atoms with van der Waals surface area (Å²) >= 11 is 0. The molecule has 3 rings (SSSR count). The molecule has 0 bridgehead atoms. The van der Waals surface area contributed by atoms with Crippen molar-refractivity contribution in [3.05, 3.63) is 18.3 Å². The Morgan fingerprint density at radius 2 is 1.83 bits per heavy atom. The molecule has 0 amide bonds. The summed E-state index contributed by atoms with van der Waals surface area (Å²) in [6.45, 7) is 5.81. The molecule has 24 heavy (non-hydrogen) atoms. The van der Waals surface area contributed by atoms with E-state index >= 15 is 0 Å². The van der Waals surface area contributed by atoms with Crippen LogP contribution in [0.15, 0.2) is 23.2 Å². The molecule has 0 radical (unpaired) electrons.